The maximum absolute atomic E-state index is 13.2. The van der Waals surface area contributed by atoms with Crippen molar-refractivity contribution in [1.82, 2.24) is 14.8 Å². The molecule has 1 N–H and O–H groups in total. The van der Waals surface area contributed by atoms with Crippen LogP contribution in [0, 0.1) is 12.3 Å². The van der Waals surface area contributed by atoms with Gasteiger partial charge in [-0.2, -0.15) is 0 Å². The molecule has 4 heteroatoms. The normalized spacial score (nSPS) is 20.8. The van der Waals surface area contributed by atoms with Crippen LogP contribution in [0.1, 0.15) is 55.1 Å². The molecule has 2 aliphatic rings. The van der Waals surface area contributed by atoms with Crippen LogP contribution >= 0.6 is 0 Å². The van der Waals surface area contributed by atoms with Gasteiger partial charge in [0.15, 0.2) is 0 Å². The second-order valence-corrected chi connectivity index (χ2v) is 10.1. The van der Waals surface area contributed by atoms with Crippen molar-refractivity contribution in [3.63, 3.8) is 0 Å². The number of carbonyl (C=O) groups is 1. The molecule has 0 aliphatic carbocycles. The third-order valence-electron chi connectivity index (χ3n) is 7.44. The summed E-state index contributed by atoms with van der Waals surface area (Å²) >= 11 is 0. The second kappa shape index (κ2) is 7.52. The van der Waals surface area contributed by atoms with E-state index in [1.165, 1.54) is 40.6 Å². The van der Waals surface area contributed by atoms with Gasteiger partial charge >= 0.3 is 0 Å². The lowest BCUT2D eigenvalue weighted by Crippen LogP contribution is -2.40. The van der Waals surface area contributed by atoms with E-state index in [1.54, 1.807) is 0 Å². The molecule has 1 aromatic heterocycles. The van der Waals surface area contributed by atoms with Crippen molar-refractivity contribution in [3.8, 4) is 0 Å². The Bertz CT molecular complexity index is 1130. The van der Waals surface area contributed by atoms with Gasteiger partial charge in [-0.1, -0.05) is 42.0 Å². The molecular weight excluding hydrogens is 382 g/mol. The van der Waals surface area contributed by atoms with E-state index in [9.17, 15) is 4.79 Å². The van der Waals surface area contributed by atoms with Crippen LogP contribution in [0.25, 0.3) is 10.9 Å². The highest BCUT2D eigenvalue weighted by Crippen LogP contribution is 2.47. The molecule has 0 radical (unpaired) electrons. The van der Waals surface area contributed by atoms with Crippen molar-refractivity contribution < 1.29 is 4.79 Å². The predicted octanol–water partition coefficient (Wildman–Crippen LogP) is 4.98. The van der Waals surface area contributed by atoms with Crippen molar-refractivity contribution in [1.29, 1.82) is 0 Å². The number of fused-ring (bicyclic) bond motifs is 6. The second-order valence-electron chi connectivity index (χ2n) is 10.1. The number of carbonyl (C=O) groups excluding carboxylic acids is 1. The molecule has 1 saturated heterocycles. The first kappa shape index (κ1) is 20.3. The predicted molar refractivity (Wildman–Crippen MR) is 126 cm³/mol. The van der Waals surface area contributed by atoms with Gasteiger partial charge in [-0.05, 0) is 63.9 Å². The Morgan fingerprint density at radius 3 is 2.68 bits per heavy atom. The standard InChI is InChI=1S/C27H33N3O/c1-18-10-12-22-21(14-18)25-23-13-11-20(29(23)4)15-24(25)30(22)17-27(2,3)26(31)28-16-19-8-6-5-7-9-19/h5-10,12,14,20,23H,11,13,15-17H2,1-4H3,(H,28,31). The first-order valence-corrected chi connectivity index (χ1v) is 11.5. The van der Waals surface area contributed by atoms with E-state index in [1.807, 2.05) is 18.2 Å². The van der Waals surface area contributed by atoms with Crippen LogP contribution in [0.4, 0.5) is 0 Å². The van der Waals surface area contributed by atoms with Crippen LogP contribution in [0.5, 0.6) is 0 Å². The zero-order valence-electron chi connectivity index (χ0n) is 19.1. The SMILES string of the molecule is Cc1ccc2c(c1)c1c(n2CC(C)(C)C(=O)NCc2ccccc2)CC2CCC1N2C. The maximum atomic E-state index is 13.2. The molecular formula is C27H33N3O. The summed E-state index contributed by atoms with van der Waals surface area (Å²) < 4.78 is 2.46. The Morgan fingerprint density at radius 2 is 1.90 bits per heavy atom. The molecule has 3 aromatic rings. The van der Waals surface area contributed by atoms with Gasteiger partial charge < -0.3 is 9.88 Å². The van der Waals surface area contributed by atoms with Gasteiger partial charge in [0.05, 0.1) is 5.41 Å². The minimum absolute atomic E-state index is 0.106. The number of likely N-dealkylation sites (N-methyl/N-ethyl adjacent to an activating group) is 1. The summed E-state index contributed by atoms with van der Waals surface area (Å²) in [6, 6.07) is 18.1. The van der Waals surface area contributed by atoms with Gasteiger partial charge in [0.25, 0.3) is 0 Å². The number of rotatable bonds is 5. The fourth-order valence-corrected chi connectivity index (χ4v) is 5.63. The lowest BCUT2D eigenvalue weighted by molar-refractivity contribution is -0.130. The molecule has 3 heterocycles. The van der Waals surface area contributed by atoms with E-state index in [0.717, 1.165) is 12.0 Å². The van der Waals surface area contributed by atoms with Crippen LogP contribution in [-0.4, -0.2) is 28.5 Å². The van der Waals surface area contributed by atoms with Crippen LogP contribution in [0.15, 0.2) is 48.5 Å². The number of nitrogens with one attached hydrogen (secondary N) is 1. The first-order chi connectivity index (χ1) is 14.8. The fraction of sp³-hybridized carbons (Fsp3) is 0.444. The summed E-state index contributed by atoms with van der Waals surface area (Å²) in [6.07, 6.45) is 3.59. The van der Waals surface area contributed by atoms with Crippen molar-refractivity contribution in [2.45, 2.75) is 65.2 Å². The zero-order chi connectivity index (χ0) is 21.8. The van der Waals surface area contributed by atoms with Crippen LogP contribution < -0.4 is 5.32 Å². The van der Waals surface area contributed by atoms with Crippen LogP contribution in [0.3, 0.4) is 0 Å². The van der Waals surface area contributed by atoms with E-state index >= 15 is 0 Å². The molecule has 31 heavy (non-hydrogen) atoms. The highest BCUT2D eigenvalue weighted by atomic mass is 16.2. The quantitative estimate of drug-likeness (QED) is 0.638. The minimum atomic E-state index is -0.498. The summed E-state index contributed by atoms with van der Waals surface area (Å²) in [4.78, 5) is 15.8. The number of hydrogen-bond acceptors (Lipinski definition) is 2. The van der Waals surface area contributed by atoms with Gasteiger partial charge in [0, 0.05) is 48.2 Å². The molecule has 2 aromatic carbocycles. The van der Waals surface area contributed by atoms with Crippen molar-refractivity contribution in [2.24, 2.45) is 5.41 Å². The Hall–Kier alpha value is -2.59. The van der Waals surface area contributed by atoms with E-state index in [-0.39, 0.29) is 5.91 Å². The lowest BCUT2D eigenvalue weighted by atomic mass is 9.91. The van der Waals surface area contributed by atoms with Gasteiger partial charge in [-0.25, -0.2) is 0 Å². The monoisotopic (exact) mass is 415 g/mol. The highest BCUT2D eigenvalue weighted by molar-refractivity contribution is 5.88. The van der Waals surface area contributed by atoms with E-state index in [4.69, 9.17) is 0 Å². The molecule has 0 saturated carbocycles. The summed E-state index contributed by atoms with van der Waals surface area (Å²) in [7, 11) is 2.28. The van der Waals surface area contributed by atoms with E-state index in [2.05, 4.69) is 72.9 Å². The summed E-state index contributed by atoms with van der Waals surface area (Å²) in [5.74, 6) is 0.106. The molecule has 1 fully saturated rings. The fourth-order valence-electron chi connectivity index (χ4n) is 5.63. The van der Waals surface area contributed by atoms with Crippen molar-refractivity contribution >= 4 is 16.8 Å². The lowest BCUT2D eigenvalue weighted by Gasteiger charge is -2.33. The molecule has 2 bridgehead atoms. The van der Waals surface area contributed by atoms with E-state index < -0.39 is 5.41 Å². The highest BCUT2D eigenvalue weighted by Gasteiger charge is 2.41. The van der Waals surface area contributed by atoms with Gasteiger partial charge in [0.2, 0.25) is 5.91 Å². The summed E-state index contributed by atoms with van der Waals surface area (Å²) in [5.41, 5.74) is 6.17. The number of nitrogens with zero attached hydrogens (tertiary/aromatic N) is 2. The Balaban J connectivity index is 1.48. The average Bonchev–Trinajstić information content (AvgIpc) is 3.15. The van der Waals surface area contributed by atoms with E-state index in [0.29, 0.717) is 25.2 Å². The van der Waals surface area contributed by atoms with Gasteiger partial charge in [-0.3, -0.25) is 9.69 Å². The number of hydrogen-bond donors (Lipinski definition) is 1. The molecule has 2 aliphatic heterocycles. The minimum Gasteiger partial charge on any atom is -0.352 e. The molecule has 4 nitrogen and oxygen atoms in total. The molecule has 1 amide bonds. The summed E-state index contributed by atoms with van der Waals surface area (Å²) in [5, 5.41) is 4.55. The topological polar surface area (TPSA) is 37.3 Å². The van der Waals surface area contributed by atoms with Crippen molar-refractivity contribution in [2.75, 3.05) is 7.05 Å². The molecule has 0 spiro atoms. The van der Waals surface area contributed by atoms with Crippen LogP contribution in [0.2, 0.25) is 0 Å². The number of aryl methyl sites for hydroxylation is 1. The van der Waals surface area contributed by atoms with Crippen LogP contribution in [-0.2, 0) is 24.3 Å². The van der Waals surface area contributed by atoms with Gasteiger partial charge in [-0.15, -0.1) is 0 Å². The summed E-state index contributed by atoms with van der Waals surface area (Å²) in [6.45, 7) is 7.59. The maximum Gasteiger partial charge on any atom is 0.227 e. The number of aromatic nitrogens is 1. The number of benzene rings is 2. The smallest absolute Gasteiger partial charge is 0.227 e. The Labute approximate surface area is 185 Å². The Kier molecular flexibility index (Phi) is 4.93. The Morgan fingerprint density at radius 1 is 1.13 bits per heavy atom. The van der Waals surface area contributed by atoms with Crippen molar-refractivity contribution in [3.05, 3.63) is 70.9 Å². The third kappa shape index (κ3) is 3.47. The molecule has 162 valence electrons. The molecule has 2 unspecified atom stereocenters. The number of amides is 1. The molecule has 2 atom stereocenters. The largest absolute Gasteiger partial charge is 0.352 e. The zero-order valence-corrected chi connectivity index (χ0v) is 19.1. The third-order valence-corrected chi connectivity index (χ3v) is 7.44. The van der Waals surface area contributed by atoms with Gasteiger partial charge in [0.1, 0.15) is 0 Å². The average molecular weight is 416 g/mol. The first-order valence-electron chi connectivity index (χ1n) is 11.5. The molecule has 5 rings (SSSR count).